The Kier molecular flexibility index (Phi) is 5.93. The molecule has 2 aromatic carbocycles. The molecule has 0 radical (unpaired) electrons. The largest absolute Gasteiger partial charge is 0.496 e. The van der Waals surface area contributed by atoms with Gasteiger partial charge in [0.15, 0.2) is 5.82 Å². The molecule has 0 spiro atoms. The maximum absolute atomic E-state index is 11.6. The zero-order chi connectivity index (χ0) is 20.9. The summed E-state index contributed by atoms with van der Waals surface area (Å²) in [6.45, 7) is 2.21. The minimum atomic E-state index is -0.214. The van der Waals surface area contributed by atoms with E-state index in [1.165, 1.54) is 11.1 Å². The Hall–Kier alpha value is -3.41. The van der Waals surface area contributed by atoms with Crippen LogP contribution in [0.15, 0.2) is 48.5 Å². The molecule has 30 heavy (non-hydrogen) atoms. The zero-order valence-electron chi connectivity index (χ0n) is 17.3. The SMILES string of the molecule is CCOC(=O)Cc1ccc(Nc2nnc(-c3ccccc3OC)c3c2CCC3)cc1. The van der Waals surface area contributed by atoms with Crippen LogP contribution in [0.5, 0.6) is 5.75 Å². The average molecular weight is 403 g/mol. The number of nitrogens with one attached hydrogen (secondary N) is 1. The standard InChI is InChI=1S/C24H25N3O3/c1-3-30-22(28)15-16-11-13-17(14-12-16)25-24-19-9-6-8-18(19)23(26-27-24)20-7-4-5-10-21(20)29-2/h4-5,7,10-14H,3,6,8-9,15H2,1-2H3,(H,25,27). The second-order valence-corrected chi connectivity index (χ2v) is 7.21. The number of aromatic nitrogens is 2. The van der Waals surface area contributed by atoms with Crippen LogP contribution in [0.1, 0.15) is 30.0 Å². The third-order valence-corrected chi connectivity index (χ3v) is 5.27. The third-order valence-electron chi connectivity index (χ3n) is 5.27. The first-order chi connectivity index (χ1) is 14.7. The monoisotopic (exact) mass is 403 g/mol. The van der Waals surface area contributed by atoms with Gasteiger partial charge in [-0.2, -0.15) is 0 Å². The number of hydrogen-bond acceptors (Lipinski definition) is 6. The second kappa shape index (κ2) is 8.95. The number of nitrogens with zero attached hydrogens (tertiary/aromatic N) is 2. The molecule has 154 valence electrons. The van der Waals surface area contributed by atoms with Gasteiger partial charge in [-0.15, -0.1) is 10.2 Å². The van der Waals surface area contributed by atoms with E-state index in [-0.39, 0.29) is 12.4 Å². The van der Waals surface area contributed by atoms with Crippen LogP contribution >= 0.6 is 0 Å². The van der Waals surface area contributed by atoms with Gasteiger partial charge in [-0.1, -0.05) is 24.3 Å². The summed E-state index contributed by atoms with van der Waals surface area (Å²) in [6, 6.07) is 15.7. The molecule has 1 N–H and O–H groups in total. The van der Waals surface area contributed by atoms with E-state index in [1.54, 1.807) is 7.11 Å². The summed E-state index contributed by atoms with van der Waals surface area (Å²) >= 11 is 0. The molecule has 0 unspecified atom stereocenters. The van der Waals surface area contributed by atoms with Gasteiger partial charge in [0.2, 0.25) is 0 Å². The fourth-order valence-electron chi connectivity index (χ4n) is 3.87. The molecule has 6 heteroatoms. The second-order valence-electron chi connectivity index (χ2n) is 7.21. The predicted octanol–water partition coefficient (Wildman–Crippen LogP) is 4.49. The van der Waals surface area contributed by atoms with Gasteiger partial charge in [-0.05, 0) is 61.6 Å². The van der Waals surface area contributed by atoms with E-state index >= 15 is 0 Å². The van der Waals surface area contributed by atoms with Crippen molar-refractivity contribution in [3.05, 3.63) is 65.2 Å². The highest BCUT2D eigenvalue weighted by Crippen LogP contribution is 2.38. The van der Waals surface area contributed by atoms with Gasteiger partial charge < -0.3 is 14.8 Å². The lowest BCUT2D eigenvalue weighted by Gasteiger charge is -2.14. The van der Waals surface area contributed by atoms with Crippen molar-refractivity contribution in [3.63, 3.8) is 0 Å². The Bertz CT molecular complexity index is 1050. The Balaban J connectivity index is 1.58. The minimum Gasteiger partial charge on any atom is -0.496 e. The molecule has 1 aliphatic carbocycles. The molecule has 0 saturated heterocycles. The van der Waals surface area contributed by atoms with Gasteiger partial charge in [0.25, 0.3) is 0 Å². The van der Waals surface area contributed by atoms with Crippen molar-refractivity contribution in [2.24, 2.45) is 0 Å². The number of anilines is 2. The quantitative estimate of drug-likeness (QED) is 0.586. The van der Waals surface area contributed by atoms with Crippen molar-refractivity contribution in [1.82, 2.24) is 10.2 Å². The predicted molar refractivity (Wildman–Crippen MR) is 116 cm³/mol. The van der Waals surface area contributed by atoms with E-state index in [9.17, 15) is 4.79 Å². The van der Waals surface area contributed by atoms with Crippen molar-refractivity contribution in [1.29, 1.82) is 0 Å². The Morgan fingerprint density at radius 1 is 1.03 bits per heavy atom. The van der Waals surface area contributed by atoms with E-state index < -0.39 is 0 Å². The lowest BCUT2D eigenvalue weighted by atomic mass is 10.0. The van der Waals surface area contributed by atoms with Crippen LogP contribution in [0.25, 0.3) is 11.3 Å². The topological polar surface area (TPSA) is 73.3 Å². The summed E-state index contributed by atoms with van der Waals surface area (Å²) in [6.07, 6.45) is 3.30. The Morgan fingerprint density at radius 2 is 1.80 bits per heavy atom. The average Bonchev–Trinajstić information content (AvgIpc) is 3.26. The van der Waals surface area contributed by atoms with Crippen LogP contribution in [0.4, 0.5) is 11.5 Å². The van der Waals surface area contributed by atoms with E-state index in [1.807, 2.05) is 55.5 Å². The Labute approximate surface area is 176 Å². The number of hydrogen-bond donors (Lipinski definition) is 1. The summed E-state index contributed by atoms with van der Waals surface area (Å²) in [4.78, 5) is 11.6. The fourth-order valence-corrected chi connectivity index (χ4v) is 3.87. The molecule has 0 fully saturated rings. The van der Waals surface area contributed by atoms with Gasteiger partial charge in [0, 0.05) is 16.8 Å². The number of benzene rings is 2. The zero-order valence-corrected chi connectivity index (χ0v) is 17.3. The number of carbonyl (C=O) groups excluding carboxylic acids is 1. The van der Waals surface area contributed by atoms with Gasteiger partial charge in [-0.3, -0.25) is 4.79 Å². The first-order valence-corrected chi connectivity index (χ1v) is 10.2. The molecule has 0 atom stereocenters. The van der Waals surface area contributed by atoms with Crippen LogP contribution in [0.3, 0.4) is 0 Å². The van der Waals surface area contributed by atoms with Crippen LogP contribution in [0, 0.1) is 0 Å². The van der Waals surface area contributed by atoms with Crippen molar-refractivity contribution >= 4 is 17.5 Å². The molecule has 0 aliphatic heterocycles. The number of ether oxygens (including phenoxy) is 2. The summed E-state index contributed by atoms with van der Waals surface area (Å²) in [5.74, 6) is 1.38. The van der Waals surface area contributed by atoms with Crippen molar-refractivity contribution < 1.29 is 14.3 Å². The number of esters is 1. The molecule has 1 aromatic heterocycles. The summed E-state index contributed by atoms with van der Waals surface area (Å²) in [5, 5.41) is 12.4. The number of methoxy groups -OCH3 is 1. The summed E-state index contributed by atoms with van der Waals surface area (Å²) < 4.78 is 10.5. The number of fused-ring (bicyclic) bond motifs is 1. The van der Waals surface area contributed by atoms with E-state index in [0.29, 0.717) is 6.61 Å². The van der Waals surface area contributed by atoms with Gasteiger partial charge in [0.1, 0.15) is 11.4 Å². The maximum atomic E-state index is 11.6. The number of para-hydroxylation sites is 1. The molecule has 1 aliphatic rings. The van der Waals surface area contributed by atoms with Crippen molar-refractivity contribution in [2.45, 2.75) is 32.6 Å². The molecule has 4 rings (SSSR count). The highest BCUT2D eigenvalue weighted by molar-refractivity contribution is 5.75. The molecule has 0 amide bonds. The molecular weight excluding hydrogens is 378 g/mol. The molecular formula is C24H25N3O3. The summed E-state index contributed by atoms with van der Waals surface area (Å²) in [5.41, 5.74) is 6.14. The highest BCUT2D eigenvalue weighted by Gasteiger charge is 2.23. The number of carbonyl (C=O) groups is 1. The first kappa shape index (κ1) is 19.9. The lowest BCUT2D eigenvalue weighted by molar-refractivity contribution is -0.142. The van der Waals surface area contributed by atoms with Gasteiger partial charge >= 0.3 is 5.97 Å². The lowest BCUT2D eigenvalue weighted by Crippen LogP contribution is -2.07. The van der Waals surface area contributed by atoms with E-state index in [4.69, 9.17) is 9.47 Å². The smallest absolute Gasteiger partial charge is 0.310 e. The normalized spacial score (nSPS) is 12.3. The Morgan fingerprint density at radius 3 is 2.57 bits per heavy atom. The fraction of sp³-hybridized carbons (Fsp3) is 0.292. The van der Waals surface area contributed by atoms with Crippen LogP contribution in [-0.2, 0) is 28.8 Å². The van der Waals surface area contributed by atoms with E-state index in [2.05, 4.69) is 15.5 Å². The van der Waals surface area contributed by atoms with Crippen LogP contribution in [0.2, 0.25) is 0 Å². The first-order valence-electron chi connectivity index (χ1n) is 10.2. The molecule has 3 aromatic rings. The minimum absolute atomic E-state index is 0.214. The molecule has 0 bridgehead atoms. The molecule has 1 heterocycles. The molecule has 0 saturated carbocycles. The van der Waals surface area contributed by atoms with Gasteiger partial charge in [-0.25, -0.2) is 0 Å². The van der Waals surface area contributed by atoms with E-state index in [0.717, 1.165) is 53.3 Å². The maximum Gasteiger partial charge on any atom is 0.310 e. The molecule has 6 nitrogen and oxygen atoms in total. The van der Waals surface area contributed by atoms with Crippen molar-refractivity contribution in [2.75, 3.05) is 19.0 Å². The van der Waals surface area contributed by atoms with Gasteiger partial charge in [0.05, 0.1) is 20.1 Å². The number of rotatable bonds is 7. The third kappa shape index (κ3) is 4.13. The van der Waals surface area contributed by atoms with Crippen molar-refractivity contribution in [3.8, 4) is 17.0 Å². The van der Waals surface area contributed by atoms with Crippen LogP contribution in [-0.4, -0.2) is 29.9 Å². The van der Waals surface area contributed by atoms with Crippen LogP contribution < -0.4 is 10.1 Å². The summed E-state index contributed by atoms with van der Waals surface area (Å²) in [7, 11) is 1.67. The highest BCUT2D eigenvalue weighted by atomic mass is 16.5.